The highest BCUT2D eigenvalue weighted by Crippen LogP contribution is 2.49. The summed E-state index contributed by atoms with van der Waals surface area (Å²) in [6.07, 6.45) is 0.00112. The van der Waals surface area contributed by atoms with E-state index in [4.69, 9.17) is 9.47 Å². The van der Waals surface area contributed by atoms with Gasteiger partial charge in [-0.25, -0.2) is 8.42 Å². The van der Waals surface area contributed by atoms with Gasteiger partial charge in [0.1, 0.15) is 17.5 Å². The van der Waals surface area contributed by atoms with Crippen LogP contribution in [0.15, 0.2) is 53.4 Å². The maximum absolute atomic E-state index is 13.5. The summed E-state index contributed by atoms with van der Waals surface area (Å²) in [6.45, 7) is 4.20. The fourth-order valence-electron chi connectivity index (χ4n) is 4.23. The third-order valence-electron chi connectivity index (χ3n) is 5.45. The highest BCUT2D eigenvalue weighted by Gasteiger charge is 2.53. The third-order valence-corrected chi connectivity index (χ3v) is 7.71. The molecule has 0 saturated carbocycles. The minimum atomic E-state index is -3.56. The van der Waals surface area contributed by atoms with E-state index in [1.807, 2.05) is 13.8 Å². The molecule has 6 heteroatoms. The summed E-state index contributed by atoms with van der Waals surface area (Å²) in [5, 5.41) is 8.67. The maximum Gasteiger partial charge on any atom is 0.182 e. The molecule has 2 aromatic carbocycles. The van der Waals surface area contributed by atoms with Crippen molar-refractivity contribution in [1.82, 2.24) is 0 Å². The highest BCUT2D eigenvalue weighted by molar-refractivity contribution is 7.92. The standard InChI is InChI=1S/C21H21NO4S/c1-21(2)20-19(16-12-14(13-22)8-9-17(16)26-21)18(10-11-25-20)27(23,24)15-6-4-3-5-7-15/h3-9,12,18-20H,10-11H2,1-2H3/t18?,19-,20+/m0/s1. The molecule has 0 bridgehead atoms. The van der Waals surface area contributed by atoms with Crippen molar-refractivity contribution in [2.24, 2.45) is 0 Å². The summed E-state index contributed by atoms with van der Waals surface area (Å²) in [5.41, 5.74) is 0.552. The van der Waals surface area contributed by atoms with E-state index in [-0.39, 0.29) is 0 Å². The summed E-state index contributed by atoms with van der Waals surface area (Å²) in [4.78, 5) is 0.318. The average molecular weight is 383 g/mol. The molecule has 1 fully saturated rings. The Hall–Kier alpha value is -2.36. The van der Waals surface area contributed by atoms with Crippen LogP contribution in [-0.2, 0) is 14.6 Å². The molecule has 3 atom stereocenters. The van der Waals surface area contributed by atoms with Crippen LogP contribution in [0.5, 0.6) is 5.75 Å². The monoisotopic (exact) mass is 383 g/mol. The molecule has 0 N–H and O–H groups in total. The zero-order chi connectivity index (χ0) is 19.2. The molecule has 1 saturated heterocycles. The maximum atomic E-state index is 13.5. The molecule has 5 nitrogen and oxygen atoms in total. The van der Waals surface area contributed by atoms with Gasteiger partial charge in [0, 0.05) is 18.1 Å². The van der Waals surface area contributed by atoms with Crippen LogP contribution in [0.1, 0.15) is 37.3 Å². The zero-order valence-electron chi connectivity index (χ0n) is 15.3. The van der Waals surface area contributed by atoms with Gasteiger partial charge in [0.2, 0.25) is 0 Å². The summed E-state index contributed by atoms with van der Waals surface area (Å²) < 4.78 is 39.1. The van der Waals surface area contributed by atoms with Gasteiger partial charge in [0.15, 0.2) is 9.84 Å². The minimum absolute atomic E-state index is 0.318. The Kier molecular flexibility index (Phi) is 4.25. The Balaban J connectivity index is 1.89. The van der Waals surface area contributed by atoms with Crippen LogP contribution in [0.3, 0.4) is 0 Å². The Labute approximate surface area is 159 Å². The number of sulfone groups is 1. The predicted octanol–water partition coefficient (Wildman–Crippen LogP) is 3.44. The van der Waals surface area contributed by atoms with Gasteiger partial charge < -0.3 is 9.47 Å². The van der Waals surface area contributed by atoms with E-state index in [1.165, 1.54) is 0 Å². The Morgan fingerprint density at radius 3 is 2.59 bits per heavy atom. The Bertz CT molecular complexity index is 1010. The lowest BCUT2D eigenvalue weighted by Gasteiger charge is -2.49. The van der Waals surface area contributed by atoms with Crippen LogP contribution < -0.4 is 4.74 Å². The van der Waals surface area contributed by atoms with E-state index in [9.17, 15) is 13.7 Å². The smallest absolute Gasteiger partial charge is 0.182 e. The number of hydrogen-bond donors (Lipinski definition) is 0. The Morgan fingerprint density at radius 1 is 1.15 bits per heavy atom. The molecule has 0 aromatic heterocycles. The zero-order valence-corrected chi connectivity index (χ0v) is 16.1. The second-order valence-corrected chi connectivity index (χ2v) is 9.74. The van der Waals surface area contributed by atoms with Crippen LogP contribution in [0, 0.1) is 11.3 Å². The van der Waals surface area contributed by atoms with Crippen molar-refractivity contribution < 1.29 is 17.9 Å². The molecule has 2 heterocycles. The first-order chi connectivity index (χ1) is 12.8. The van der Waals surface area contributed by atoms with Crippen molar-refractivity contribution in [1.29, 1.82) is 5.26 Å². The summed E-state index contributed by atoms with van der Waals surface area (Å²) >= 11 is 0. The second-order valence-electron chi connectivity index (χ2n) is 7.57. The van der Waals surface area contributed by atoms with Gasteiger partial charge in [-0.3, -0.25) is 0 Å². The number of benzene rings is 2. The molecule has 0 spiro atoms. The van der Waals surface area contributed by atoms with Crippen molar-refractivity contribution in [2.75, 3.05) is 6.61 Å². The molecule has 4 rings (SSSR count). The topological polar surface area (TPSA) is 76.4 Å². The molecule has 2 aliphatic heterocycles. The normalized spacial score (nSPS) is 26.2. The lowest BCUT2D eigenvalue weighted by Crippen LogP contribution is -2.56. The van der Waals surface area contributed by atoms with Crippen molar-refractivity contribution >= 4 is 9.84 Å². The summed E-state index contributed by atoms with van der Waals surface area (Å²) in [6, 6.07) is 15.9. The predicted molar refractivity (Wildman–Crippen MR) is 100 cm³/mol. The quantitative estimate of drug-likeness (QED) is 0.794. The van der Waals surface area contributed by atoms with E-state index in [1.54, 1.807) is 48.5 Å². The molecule has 0 amide bonds. The summed E-state index contributed by atoms with van der Waals surface area (Å²) in [7, 11) is -3.56. The Morgan fingerprint density at radius 2 is 1.89 bits per heavy atom. The van der Waals surface area contributed by atoms with E-state index in [2.05, 4.69) is 6.07 Å². The van der Waals surface area contributed by atoms with Crippen molar-refractivity contribution in [2.45, 2.75) is 48.0 Å². The van der Waals surface area contributed by atoms with Crippen molar-refractivity contribution in [3.05, 3.63) is 59.7 Å². The van der Waals surface area contributed by atoms with Crippen molar-refractivity contribution in [3.63, 3.8) is 0 Å². The van der Waals surface area contributed by atoms with Crippen LogP contribution in [0.2, 0.25) is 0 Å². The molecule has 2 aromatic rings. The fourth-order valence-corrected chi connectivity index (χ4v) is 6.20. The molecule has 0 radical (unpaired) electrons. The summed E-state index contributed by atoms with van der Waals surface area (Å²) in [5.74, 6) is 0.231. The molecular formula is C21H21NO4S. The molecule has 0 aliphatic carbocycles. The lowest BCUT2D eigenvalue weighted by atomic mass is 9.77. The van der Waals surface area contributed by atoms with Crippen LogP contribution >= 0.6 is 0 Å². The van der Waals surface area contributed by atoms with Gasteiger partial charge in [-0.2, -0.15) is 5.26 Å². The fraction of sp³-hybridized carbons (Fsp3) is 0.381. The number of rotatable bonds is 2. The number of hydrogen-bond acceptors (Lipinski definition) is 5. The number of nitriles is 1. The van der Waals surface area contributed by atoms with Crippen LogP contribution in [0.4, 0.5) is 0 Å². The first kappa shape index (κ1) is 18.0. The van der Waals surface area contributed by atoms with Crippen LogP contribution in [0.25, 0.3) is 0 Å². The van der Waals surface area contributed by atoms with Gasteiger partial charge in [-0.1, -0.05) is 18.2 Å². The highest BCUT2D eigenvalue weighted by atomic mass is 32.2. The average Bonchev–Trinajstić information content (AvgIpc) is 2.68. The molecular weight excluding hydrogens is 362 g/mol. The van der Waals surface area contributed by atoms with Crippen LogP contribution in [-0.4, -0.2) is 32.0 Å². The minimum Gasteiger partial charge on any atom is -0.485 e. The van der Waals surface area contributed by atoms with Gasteiger partial charge >= 0.3 is 0 Å². The number of fused-ring (bicyclic) bond motifs is 3. The third kappa shape index (κ3) is 2.91. The largest absolute Gasteiger partial charge is 0.485 e. The first-order valence-electron chi connectivity index (χ1n) is 8.98. The van der Waals surface area contributed by atoms with Gasteiger partial charge in [0.25, 0.3) is 0 Å². The second kappa shape index (κ2) is 6.36. The lowest BCUT2D eigenvalue weighted by molar-refractivity contribution is -0.117. The van der Waals surface area contributed by atoms with E-state index < -0.39 is 32.7 Å². The molecule has 27 heavy (non-hydrogen) atoms. The van der Waals surface area contributed by atoms with Gasteiger partial charge in [-0.05, 0) is 50.6 Å². The number of ether oxygens (including phenoxy) is 2. The van der Waals surface area contributed by atoms with E-state index >= 15 is 0 Å². The van der Waals surface area contributed by atoms with Gasteiger partial charge in [-0.15, -0.1) is 0 Å². The number of nitrogens with zero attached hydrogens (tertiary/aromatic N) is 1. The SMILES string of the molecule is CC1(C)Oc2ccc(C#N)cc2[C@H]2C(S(=O)(=O)c3ccccc3)CCO[C@H]21. The van der Waals surface area contributed by atoms with E-state index in [0.29, 0.717) is 29.2 Å². The van der Waals surface area contributed by atoms with E-state index in [0.717, 1.165) is 5.56 Å². The molecule has 140 valence electrons. The molecule has 1 unspecified atom stereocenters. The van der Waals surface area contributed by atoms with Gasteiger partial charge in [0.05, 0.1) is 21.8 Å². The molecule has 2 aliphatic rings. The van der Waals surface area contributed by atoms with Crippen molar-refractivity contribution in [3.8, 4) is 11.8 Å². The first-order valence-corrected chi connectivity index (χ1v) is 10.5.